The molecule has 5 atom stereocenters. The molecule has 0 fully saturated rings. The van der Waals surface area contributed by atoms with Gasteiger partial charge in [0.25, 0.3) is 0 Å². The first-order valence-corrected chi connectivity index (χ1v) is 27.3. The third kappa shape index (κ3) is 44.0. The van der Waals surface area contributed by atoms with Crippen LogP contribution in [0.1, 0.15) is 246 Å². The van der Waals surface area contributed by atoms with Crippen LogP contribution in [-0.4, -0.2) is 76.9 Å². The molecule has 0 bridgehead atoms. The van der Waals surface area contributed by atoms with E-state index in [1.807, 2.05) is 0 Å². The van der Waals surface area contributed by atoms with Gasteiger partial charge in [0.1, 0.15) is 18.8 Å². The molecule has 0 saturated heterocycles. The fourth-order valence-electron chi connectivity index (χ4n) is 7.35. The van der Waals surface area contributed by atoms with E-state index in [1.54, 1.807) is 0 Å². The van der Waals surface area contributed by atoms with E-state index in [4.69, 9.17) is 25.0 Å². The Labute approximate surface area is 387 Å². The number of unbranched alkanes of at least 4 members (excludes halogenated alkanes) is 30. The van der Waals surface area contributed by atoms with Gasteiger partial charge in [-0.3, -0.25) is 18.6 Å². The number of hydrogen-bond donors (Lipinski definition) is 4. The molecule has 0 aliphatic carbocycles. The SMILES string of the molecule is [2H]C(OC(=O)CCCC/C=C\CCCCCCCCCC/C=C\CCCCCCC)[C@H](COP(=O)(O)O[C@H](CO)[C@H](O)CO)OC(=O)CCCCCCCCCCCCCCCCC. The summed E-state index contributed by atoms with van der Waals surface area (Å²) in [6.07, 6.45) is 44.8. The number of hydrogen-bond acceptors (Lipinski definition) is 10. The van der Waals surface area contributed by atoms with Gasteiger partial charge in [-0.05, 0) is 64.2 Å². The lowest BCUT2D eigenvalue weighted by Crippen LogP contribution is -2.35. The van der Waals surface area contributed by atoms with Crippen molar-refractivity contribution in [2.75, 3.05) is 26.4 Å². The van der Waals surface area contributed by atoms with E-state index >= 15 is 0 Å². The Hall–Kier alpha value is -1.59. The van der Waals surface area contributed by atoms with Crippen LogP contribution < -0.4 is 0 Å². The van der Waals surface area contributed by atoms with Gasteiger partial charge in [-0.25, -0.2) is 4.57 Å². The van der Waals surface area contributed by atoms with Gasteiger partial charge in [-0.15, -0.1) is 0 Å². The summed E-state index contributed by atoms with van der Waals surface area (Å²) in [7, 11) is -4.96. The molecule has 2 unspecified atom stereocenters. The van der Waals surface area contributed by atoms with E-state index < -0.39 is 64.5 Å². The normalized spacial score (nSPS) is 15.0. The quantitative estimate of drug-likeness (QED) is 0.0198. The molecule has 0 aromatic carbocycles. The number of esters is 2. The fourth-order valence-corrected chi connectivity index (χ4v) is 8.29. The summed E-state index contributed by atoms with van der Waals surface area (Å²) in [6.45, 7) is 0.204. The molecule has 12 heteroatoms. The van der Waals surface area contributed by atoms with E-state index in [0.717, 1.165) is 44.9 Å². The Kier molecular flexibility index (Phi) is 44.3. The van der Waals surface area contributed by atoms with Crippen LogP contribution in [0.25, 0.3) is 0 Å². The number of ether oxygens (including phenoxy) is 2. The van der Waals surface area contributed by atoms with Crippen molar-refractivity contribution in [1.29, 1.82) is 0 Å². The van der Waals surface area contributed by atoms with Crippen molar-refractivity contribution in [3.63, 3.8) is 0 Å². The summed E-state index contributed by atoms with van der Waals surface area (Å²) in [5.41, 5.74) is 0. The summed E-state index contributed by atoms with van der Waals surface area (Å²) in [6, 6.07) is 0. The maximum Gasteiger partial charge on any atom is 0.472 e. The fraction of sp³-hybridized carbons (Fsp3) is 0.882. The summed E-state index contributed by atoms with van der Waals surface area (Å²) in [4.78, 5) is 35.6. The van der Waals surface area contributed by atoms with Gasteiger partial charge >= 0.3 is 19.8 Å². The van der Waals surface area contributed by atoms with E-state index in [9.17, 15) is 29.3 Å². The number of allylic oxidation sites excluding steroid dienone is 4. The van der Waals surface area contributed by atoms with Gasteiger partial charge in [-0.1, -0.05) is 192 Å². The number of aliphatic hydroxyl groups excluding tert-OH is 3. The van der Waals surface area contributed by atoms with Gasteiger partial charge in [0, 0.05) is 12.8 Å². The largest absolute Gasteiger partial charge is 0.472 e. The summed E-state index contributed by atoms with van der Waals surface area (Å²) >= 11 is 0. The van der Waals surface area contributed by atoms with Crippen LogP contribution in [0.15, 0.2) is 24.3 Å². The van der Waals surface area contributed by atoms with Gasteiger partial charge in [-0.2, -0.15) is 0 Å². The van der Waals surface area contributed by atoms with E-state index in [0.29, 0.717) is 12.8 Å². The molecular weight excluding hydrogens is 820 g/mol. The molecule has 0 rings (SSSR count). The zero-order valence-electron chi connectivity index (χ0n) is 41.3. The van der Waals surface area contributed by atoms with Crippen LogP contribution in [0.4, 0.5) is 0 Å². The monoisotopic (exact) mass is 918 g/mol. The minimum Gasteiger partial charge on any atom is -0.462 e. The molecule has 0 aliphatic rings. The minimum absolute atomic E-state index is 0.0542. The molecule has 372 valence electrons. The number of carbonyl (C=O) groups excluding carboxylic acids is 2. The van der Waals surface area contributed by atoms with Crippen LogP contribution in [0, 0.1) is 0 Å². The molecule has 11 nitrogen and oxygen atoms in total. The molecule has 63 heavy (non-hydrogen) atoms. The molecule has 0 aromatic rings. The van der Waals surface area contributed by atoms with Crippen LogP contribution in [0.3, 0.4) is 0 Å². The van der Waals surface area contributed by atoms with E-state index in [2.05, 4.69) is 38.2 Å². The summed E-state index contributed by atoms with van der Waals surface area (Å²) < 4.78 is 41.4. The standard InChI is InChI=1S/C51H97O11P/c1-3-5-7-9-11-13-15-17-19-20-21-22-23-24-25-26-28-29-31-33-35-37-39-41-50(55)59-45-47(46-60-63(57,58)62-49(44-53)48(54)43-52)61-51(56)42-40-38-36-34-32-30-27-18-16-14-12-10-8-6-4-2/h15,17,31,33,47-49,52-54H,3-14,16,18-30,32,34-46H2,1-2H3,(H,57,58)/b17-15-,33-31-/t47-,48-,49-/m1/s1/i45D/t45?,47-,48-,49-. The first-order valence-electron chi connectivity index (χ1n) is 26.3. The predicted molar refractivity (Wildman–Crippen MR) is 258 cm³/mol. The molecule has 0 aliphatic heterocycles. The highest BCUT2D eigenvalue weighted by Gasteiger charge is 2.32. The van der Waals surface area contributed by atoms with Gasteiger partial charge in [0.15, 0.2) is 6.10 Å². The maximum absolute atomic E-state index is 12.8. The Balaban J connectivity index is 4.42. The molecule has 0 spiro atoms. The molecule has 0 saturated carbocycles. The second kappa shape index (κ2) is 46.9. The Morgan fingerprint density at radius 3 is 1.29 bits per heavy atom. The van der Waals surface area contributed by atoms with Crippen molar-refractivity contribution in [2.45, 2.75) is 263 Å². The number of aliphatic hydroxyl groups is 3. The second-order valence-corrected chi connectivity index (χ2v) is 18.9. The van der Waals surface area contributed by atoms with Crippen molar-refractivity contribution in [3.05, 3.63) is 24.3 Å². The highest BCUT2D eigenvalue weighted by molar-refractivity contribution is 7.47. The number of carbonyl (C=O) groups is 2. The van der Waals surface area contributed by atoms with E-state index in [1.165, 1.54) is 161 Å². The Morgan fingerprint density at radius 1 is 0.540 bits per heavy atom. The van der Waals surface area contributed by atoms with Crippen molar-refractivity contribution < 1.29 is 54.3 Å². The molecule has 0 heterocycles. The van der Waals surface area contributed by atoms with Crippen LogP contribution in [-0.2, 0) is 32.7 Å². The van der Waals surface area contributed by atoms with Crippen LogP contribution >= 0.6 is 7.82 Å². The summed E-state index contributed by atoms with van der Waals surface area (Å²) in [5, 5.41) is 28.3. The molecule has 0 aromatic heterocycles. The summed E-state index contributed by atoms with van der Waals surface area (Å²) in [5.74, 6) is -1.32. The zero-order valence-corrected chi connectivity index (χ0v) is 41.2. The van der Waals surface area contributed by atoms with Gasteiger partial charge in [0.05, 0.1) is 21.2 Å². The first-order chi connectivity index (χ1) is 31.1. The number of phosphoric acid groups is 1. The molecule has 0 amide bonds. The second-order valence-electron chi connectivity index (χ2n) is 17.5. The lowest BCUT2D eigenvalue weighted by Gasteiger charge is -2.24. The third-order valence-corrected chi connectivity index (χ3v) is 12.4. The molecule has 0 radical (unpaired) electrons. The van der Waals surface area contributed by atoms with Crippen molar-refractivity contribution in [2.24, 2.45) is 0 Å². The predicted octanol–water partition coefficient (Wildman–Crippen LogP) is 13.5. The van der Waals surface area contributed by atoms with Crippen LogP contribution in [0.2, 0.25) is 0 Å². The average Bonchev–Trinajstić information content (AvgIpc) is 3.28. The lowest BCUT2D eigenvalue weighted by atomic mass is 10.0. The lowest BCUT2D eigenvalue weighted by molar-refractivity contribution is -0.161. The topological polar surface area (TPSA) is 169 Å². The minimum atomic E-state index is -4.96. The third-order valence-electron chi connectivity index (χ3n) is 11.4. The number of rotatable bonds is 49. The average molecular weight is 918 g/mol. The van der Waals surface area contributed by atoms with Crippen molar-refractivity contribution >= 4 is 19.8 Å². The smallest absolute Gasteiger partial charge is 0.462 e. The van der Waals surface area contributed by atoms with E-state index in [-0.39, 0.29) is 12.8 Å². The van der Waals surface area contributed by atoms with Crippen LogP contribution in [0.5, 0.6) is 0 Å². The van der Waals surface area contributed by atoms with Crippen molar-refractivity contribution in [1.82, 2.24) is 0 Å². The molecule has 4 N–H and O–H groups in total. The number of phosphoric ester groups is 1. The maximum atomic E-state index is 12.8. The van der Waals surface area contributed by atoms with Gasteiger partial charge < -0.3 is 29.7 Å². The highest BCUT2D eigenvalue weighted by atomic mass is 31.2. The zero-order chi connectivity index (χ0) is 47.2. The van der Waals surface area contributed by atoms with Crippen molar-refractivity contribution in [3.8, 4) is 0 Å². The Bertz CT molecular complexity index is 1160. The first kappa shape index (κ1) is 59.4. The van der Waals surface area contributed by atoms with Gasteiger partial charge in [0.2, 0.25) is 0 Å². The molecular formula is C51H97O11P. The Morgan fingerprint density at radius 2 is 0.889 bits per heavy atom. The highest BCUT2D eigenvalue weighted by Crippen LogP contribution is 2.45.